The summed E-state index contributed by atoms with van der Waals surface area (Å²) in [5.74, 6) is -2.49. The van der Waals surface area contributed by atoms with Crippen molar-refractivity contribution in [1.29, 1.82) is 0 Å². The Morgan fingerprint density at radius 2 is 1.96 bits per heavy atom. The molecular formula is C15H12F2N2O4. The lowest BCUT2D eigenvalue weighted by Crippen LogP contribution is -2.30. The fourth-order valence-electron chi connectivity index (χ4n) is 1.77. The van der Waals surface area contributed by atoms with Crippen molar-refractivity contribution in [3.63, 3.8) is 0 Å². The molecule has 120 valence electrons. The summed E-state index contributed by atoms with van der Waals surface area (Å²) in [6, 6.07) is 8.16. The number of hydrogen-bond donors (Lipinski definition) is 1. The van der Waals surface area contributed by atoms with Crippen molar-refractivity contribution >= 4 is 17.3 Å². The van der Waals surface area contributed by atoms with Gasteiger partial charge in [-0.2, -0.15) is 0 Å². The van der Waals surface area contributed by atoms with Gasteiger partial charge in [0.05, 0.1) is 10.6 Å². The van der Waals surface area contributed by atoms with Crippen molar-refractivity contribution in [2.45, 2.75) is 13.0 Å². The zero-order valence-electron chi connectivity index (χ0n) is 12.0. The smallest absolute Gasteiger partial charge is 0.311 e. The average Bonchev–Trinajstić information content (AvgIpc) is 2.49. The molecule has 0 spiro atoms. The topological polar surface area (TPSA) is 81.5 Å². The van der Waals surface area contributed by atoms with Gasteiger partial charge in [0.15, 0.2) is 6.10 Å². The molecule has 6 nitrogen and oxygen atoms in total. The monoisotopic (exact) mass is 322 g/mol. The van der Waals surface area contributed by atoms with Crippen LogP contribution in [0.25, 0.3) is 0 Å². The summed E-state index contributed by atoms with van der Waals surface area (Å²) in [4.78, 5) is 22.1. The molecule has 0 aliphatic carbocycles. The van der Waals surface area contributed by atoms with E-state index in [4.69, 9.17) is 4.74 Å². The molecule has 0 aliphatic rings. The first kappa shape index (κ1) is 16.3. The van der Waals surface area contributed by atoms with Crippen molar-refractivity contribution in [3.05, 3.63) is 64.2 Å². The predicted octanol–water partition coefficient (Wildman–Crippen LogP) is 3.28. The number of rotatable bonds is 5. The van der Waals surface area contributed by atoms with Crippen molar-refractivity contribution < 1.29 is 23.2 Å². The van der Waals surface area contributed by atoms with E-state index in [-0.39, 0.29) is 11.4 Å². The van der Waals surface area contributed by atoms with Crippen LogP contribution in [-0.2, 0) is 4.79 Å². The number of carbonyl (C=O) groups is 1. The summed E-state index contributed by atoms with van der Waals surface area (Å²) in [7, 11) is 0. The molecule has 2 aromatic carbocycles. The van der Waals surface area contributed by atoms with E-state index in [0.29, 0.717) is 0 Å². The minimum atomic E-state index is -1.20. The first-order chi connectivity index (χ1) is 10.9. The molecule has 0 radical (unpaired) electrons. The maximum Gasteiger partial charge on any atom is 0.311 e. The van der Waals surface area contributed by atoms with Crippen LogP contribution >= 0.6 is 0 Å². The van der Waals surface area contributed by atoms with Crippen molar-refractivity contribution in [2.75, 3.05) is 5.32 Å². The lowest BCUT2D eigenvalue weighted by Gasteiger charge is -2.15. The van der Waals surface area contributed by atoms with Crippen LogP contribution in [0.5, 0.6) is 5.75 Å². The van der Waals surface area contributed by atoms with Crippen molar-refractivity contribution in [1.82, 2.24) is 0 Å². The lowest BCUT2D eigenvalue weighted by atomic mass is 10.2. The van der Waals surface area contributed by atoms with Crippen LogP contribution in [0.15, 0.2) is 42.5 Å². The molecule has 1 amide bonds. The average molecular weight is 322 g/mol. The summed E-state index contributed by atoms with van der Waals surface area (Å²) in [5, 5.41) is 13.2. The van der Waals surface area contributed by atoms with Crippen LogP contribution in [0.3, 0.4) is 0 Å². The number of anilines is 1. The number of ether oxygens (including phenoxy) is 1. The second kappa shape index (κ2) is 6.82. The quantitative estimate of drug-likeness (QED) is 0.676. The third kappa shape index (κ3) is 4.00. The fourth-order valence-corrected chi connectivity index (χ4v) is 1.77. The highest BCUT2D eigenvalue weighted by molar-refractivity contribution is 5.94. The highest BCUT2D eigenvalue weighted by atomic mass is 19.1. The van der Waals surface area contributed by atoms with E-state index in [1.807, 2.05) is 0 Å². The van der Waals surface area contributed by atoms with Gasteiger partial charge in [0, 0.05) is 12.1 Å². The van der Waals surface area contributed by atoms with Gasteiger partial charge in [-0.1, -0.05) is 12.1 Å². The van der Waals surface area contributed by atoms with E-state index in [1.54, 1.807) is 0 Å². The molecule has 0 aliphatic heterocycles. The number of hydrogen-bond acceptors (Lipinski definition) is 4. The highest BCUT2D eigenvalue weighted by Crippen LogP contribution is 2.28. The fraction of sp³-hybridized carbons (Fsp3) is 0.133. The molecule has 0 fully saturated rings. The number of amides is 1. The van der Waals surface area contributed by atoms with Gasteiger partial charge in [-0.15, -0.1) is 0 Å². The number of nitro benzene ring substituents is 1. The van der Waals surface area contributed by atoms with Gasteiger partial charge in [0.2, 0.25) is 5.75 Å². The van der Waals surface area contributed by atoms with Gasteiger partial charge >= 0.3 is 5.69 Å². The van der Waals surface area contributed by atoms with E-state index in [9.17, 15) is 23.7 Å². The van der Waals surface area contributed by atoms with Gasteiger partial charge in [-0.3, -0.25) is 14.9 Å². The number of nitrogens with one attached hydrogen (secondary N) is 1. The molecule has 8 heteroatoms. The Hall–Kier alpha value is -3.03. The molecule has 1 unspecified atom stereocenters. The number of carbonyl (C=O) groups excluding carboxylic acids is 1. The summed E-state index contributed by atoms with van der Waals surface area (Å²) < 4.78 is 31.8. The van der Waals surface area contributed by atoms with E-state index >= 15 is 0 Å². The molecule has 1 atom stereocenters. The minimum Gasteiger partial charge on any atom is -0.474 e. The third-order valence-corrected chi connectivity index (χ3v) is 2.92. The van der Waals surface area contributed by atoms with E-state index in [2.05, 4.69) is 5.32 Å². The first-order valence-electron chi connectivity index (χ1n) is 6.54. The summed E-state index contributed by atoms with van der Waals surface area (Å²) in [6.07, 6.45) is -1.20. The predicted molar refractivity (Wildman–Crippen MR) is 78.2 cm³/mol. The number of para-hydroxylation sites is 1. The molecular weight excluding hydrogens is 310 g/mol. The zero-order valence-corrected chi connectivity index (χ0v) is 12.0. The molecule has 0 heterocycles. The van der Waals surface area contributed by atoms with Crippen LogP contribution in [0.1, 0.15) is 6.92 Å². The Labute approximate surface area is 129 Å². The van der Waals surface area contributed by atoms with E-state index in [0.717, 1.165) is 18.2 Å². The summed E-state index contributed by atoms with van der Waals surface area (Å²) in [5.41, 5.74) is -0.529. The number of nitro groups is 1. The van der Waals surface area contributed by atoms with Crippen LogP contribution in [0, 0.1) is 21.7 Å². The van der Waals surface area contributed by atoms with Gasteiger partial charge in [0.25, 0.3) is 5.91 Å². The van der Waals surface area contributed by atoms with E-state index < -0.39 is 34.3 Å². The van der Waals surface area contributed by atoms with Crippen molar-refractivity contribution in [2.24, 2.45) is 0 Å². The molecule has 2 rings (SSSR count). The second-order valence-corrected chi connectivity index (χ2v) is 4.60. The normalized spacial score (nSPS) is 11.6. The number of benzene rings is 2. The molecule has 0 saturated heterocycles. The Morgan fingerprint density at radius 3 is 2.61 bits per heavy atom. The summed E-state index contributed by atoms with van der Waals surface area (Å²) >= 11 is 0. The zero-order chi connectivity index (χ0) is 17.0. The molecule has 0 saturated carbocycles. The standard InChI is InChI=1S/C15H12F2N2O4/c1-9(15(20)18-12-5-3-2-4-11(12)17)23-14-8-10(16)6-7-13(14)19(21)22/h2-9H,1H3,(H,18,20). The molecule has 0 aromatic heterocycles. The van der Waals surface area contributed by atoms with Crippen LogP contribution in [-0.4, -0.2) is 16.9 Å². The SMILES string of the molecule is CC(Oc1cc(F)ccc1[N+](=O)[O-])C(=O)Nc1ccccc1F. The second-order valence-electron chi connectivity index (χ2n) is 4.60. The molecule has 23 heavy (non-hydrogen) atoms. The molecule has 0 bridgehead atoms. The van der Waals surface area contributed by atoms with Crippen molar-refractivity contribution in [3.8, 4) is 5.75 Å². The van der Waals surface area contributed by atoms with Gasteiger partial charge in [-0.05, 0) is 25.1 Å². The lowest BCUT2D eigenvalue weighted by molar-refractivity contribution is -0.386. The largest absolute Gasteiger partial charge is 0.474 e. The molecule has 2 aromatic rings. The van der Waals surface area contributed by atoms with Gasteiger partial charge in [-0.25, -0.2) is 8.78 Å². The maximum atomic E-state index is 13.5. The van der Waals surface area contributed by atoms with E-state index in [1.165, 1.54) is 31.2 Å². The maximum absolute atomic E-state index is 13.5. The summed E-state index contributed by atoms with van der Waals surface area (Å²) in [6.45, 7) is 1.31. The van der Waals surface area contributed by atoms with Gasteiger partial charge in [0.1, 0.15) is 11.6 Å². The Kier molecular flexibility index (Phi) is 4.85. The number of halogens is 2. The number of nitrogens with zero attached hydrogens (tertiary/aromatic N) is 1. The first-order valence-corrected chi connectivity index (χ1v) is 6.54. The van der Waals surface area contributed by atoms with Gasteiger partial charge < -0.3 is 10.1 Å². The Morgan fingerprint density at radius 1 is 1.26 bits per heavy atom. The molecule has 1 N–H and O–H groups in total. The van der Waals surface area contributed by atoms with Crippen LogP contribution in [0.2, 0.25) is 0 Å². The highest BCUT2D eigenvalue weighted by Gasteiger charge is 2.22. The Bertz CT molecular complexity index is 752. The van der Waals surface area contributed by atoms with Crippen LogP contribution in [0.4, 0.5) is 20.2 Å². The minimum absolute atomic E-state index is 0.0540. The Balaban J connectivity index is 2.14. The third-order valence-electron chi connectivity index (χ3n) is 2.92. The van der Waals surface area contributed by atoms with Crippen LogP contribution < -0.4 is 10.1 Å².